The van der Waals surface area contributed by atoms with E-state index >= 15 is 0 Å². The van der Waals surface area contributed by atoms with Gasteiger partial charge in [0.25, 0.3) is 15.9 Å². The van der Waals surface area contributed by atoms with Crippen LogP contribution in [0.1, 0.15) is 26.4 Å². The molecule has 1 heterocycles. The molecular weight excluding hydrogens is 468 g/mol. The first-order chi connectivity index (χ1) is 16.1. The minimum Gasteiger partial charge on any atom is -0.496 e. The molecule has 0 atom stereocenters. The number of anilines is 2. The maximum Gasteiger partial charge on any atom is 0.265 e. The van der Waals surface area contributed by atoms with Crippen molar-refractivity contribution in [2.75, 3.05) is 23.8 Å². The van der Waals surface area contributed by atoms with Gasteiger partial charge in [0.1, 0.15) is 5.75 Å². The van der Waals surface area contributed by atoms with Crippen LogP contribution in [0.5, 0.6) is 5.75 Å². The number of hydrogen-bond acceptors (Lipinski definition) is 5. The maximum absolute atomic E-state index is 13.2. The summed E-state index contributed by atoms with van der Waals surface area (Å²) in [4.78, 5) is 13.6. The standard InChI is InChI=1S/C26H26N2O4S2/c1-16-6-7-20(12-17(16)2)27-26(29)25-15-19-14-21(8-11-24(19)33-25)28(4)34(30,31)22-9-10-23(32-5)18(3)13-22/h6-15H,1-5H3,(H,27,29). The SMILES string of the molecule is COc1ccc(S(=O)(=O)N(C)c2ccc3sc(C(=O)Nc4ccc(C)c(C)c4)cc3c2)cc1C. The molecule has 3 aromatic carbocycles. The second-order valence-electron chi connectivity index (χ2n) is 8.19. The zero-order valence-electron chi connectivity index (χ0n) is 19.7. The van der Waals surface area contributed by atoms with Gasteiger partial charge in [-0.2, -0.15) is 0 Å². The third-order valence-corrected chi connectivity index (χ3v) is 8.77. The van der Waals surface area contributed by atoms with Gasteiger partial charge in [-0.05, 0) is 97.4 Å². The molecule has 0 bridgehead atoms. The molecular formula is C26H26N2O4S2. The van der Waals surface area contributed by atoms with Crippen molar-refractivity contribution in [1.82, 2.24) is 0 Å². The van der Waals surface area contributed by atoms with Crippen LogP contribution in [-0.4, -0.2) is 28.5 Å². The highest BCUT2D eigenvalue weighted by Gasteiger charge is 2.23. The number of sulfonamides is 1. The summed E-state index contributed by atoms with van der Waals surface area (Å²) in [6.45, 7) is 5.83. The summed E-state index contributed by atoms with van der Waals surface area (Å²) in [6.07, 6.45) is 0. The number of benzene rings is 3. The van der Waals surface area contributed by atoms with Crippen LogP contribution < -0.4 is 14.4 Å². The number of aryl methyl sites for hydroxylation is 3. The van der Waals surface area contributed by atoms with Gasteiger partial charge < -0.3 is 10.1 Å². The fourth-order valence-corrected chi connectivity index (χ4v) is 5.87. The molecule has 176 valence electrons. The van der Waals surface area contributed by atoms with Crippen molar-refractivity contribution >= 4 is 48.7 Å². The highest BCUT2D eigenvalue weighted by molar-refractivity contribution is 7.92. The first-order valence-electron chi connectivity index (χ1n) is 10.7. The van der Waals surface area contributed by atoms with E-state index in [9.17, 15) is 13.2 Å². The van der Waals surface area contributed by atoms with Crippen molar-refractivity contribution in [3.63, 3.8) is 0 Å². The second-order valence-corrected chi connectivity index (χ2v) is 11.2. The van der Waals surface area contributed by atoms with E-state index in [0.29, 0.717) is 16.3 Å². The summed E-state index contributed by atoms with van der Waals surface area (Å²) in [5, 5.41) is 3.75. The van der Waals surface area contributed by atoms with E-state index in [-0.39, 0.29) is 10.8 Å². The summed E-state index contributed by atoms with van der Waals surface area (Å²) >= 11 is 1.37. The molecule has 0 unspecified atom stereocenters. The quantitative estimate of drug-likeness (QED) is 0.361. The number of thiophene rings is 1. The van der Waals surface area contributed by atoms with Crippen LogP contribution >= 0.6 is 11.3 Å². The predicted molar refractivity (Wildman–Crippen MR) is 139 cm³/mol. The smallest absolute Gasteiger partial charge is 0.265 e. The van der Waals surface area contributed by atoms with E-state index in [1.165, 1.54) is 28.8 Å². The van der Waals surface area contributed by atoms with Crippen molar-refractivity contribution in [3.8, 4) is 5.75 Å². The van der Waals surface area contributed by atoms with Gasteiger partial charge in [0.15, 0.2) is 0 Å². The van der Waals surface area contributed by atoms with Crippen molar-refractivity contribution in [2.45, 2.75) is 25.7 Å². The van der Waals surface area contributed by atoms with Crippen LogP contribution in [0.15, 0.2) is 65.6 Å². The molecule has 4 rings (SSSR count). The van der Waals surface area contributed by atoms with Gasteiger partial charge in [0, 0.05) is 17.4 Å². The van der Waals surface area contributed by atoms with Gasteiger partial charge in [0.2, 0.25) is 0 Å². The molecule has 0 spiro atoms. The lowest BCUT2D eigenvalue weighted by Crippen LogP contribution is -2.26. The Bertz CT molecular complexity index is 1510. The van der Waals surface area contributed by atoms with Crippen molar-refractivity contribution in [2.24, 2.45) is 0 Å². The predicted octanol–water partition coefficient (Wildman–Crippen LogP) is 5.91. The molecule has 0 radical (unpaired) electrons. The Labute approximate surface area is 203 Å². The summed E-state index contributed by atoms with van der Waals surface area (Å²) in [5.74, 6) is 0.439. The normalized spacial score (nSPS) is 11.4. The number of hydrogen-bond donors (Lipinski definition) is 1. The number of amides is 1. The number of methoxy groups -OCH3 is 1. The molecule has 0 aliphatic heterocycles. The monoisotopic (exact) mass is 494 g/mol. The lowest BCUT2D eigenvalue weighted by Gasteiger charge is -2.20. The van der Waals surface area contributed by atoms with Gasteiger partial charge in [-0.3, -0.25) is 9.10 Å². The Balaban J connectivity index is 1.60. The Morgan fingerprint density at radius 2 is 1.68 bits per heavy atom. The minimum absolute atomic E-state index is 0.187. The van der Waals surface area contributed by atoms with Crippen LogP contribution in [0, 0.1) is 20.8 Å². The first-order valence-corrected chi connectivity index (χ1v) is 12.9. The molecule has 1 amide bonds. The molecule has 0 saturated heterocycles. The van der Waals surface area contributed by atoms with Crippen LogP contribution in [0.2, 0.25) is 0 Å². The molecule has 0 fully saturated rings. The molecule has 0 aliphatic carbocycles. The third kappa shape index (κ3) is 4.51. The summed E-state index contributed by atoms with van der Waals surface area (Å²) in [5.41, 5.74) is 4.27. The van der Waals surface area contributed by atoms with Gasteiger partial charge in [-0.15, -0.1) is 11.3 Å². The van der Waals surface area contributed by atoms with Crippen LogP contribution in [-0.2, 0) is 10.0 Å². The molecule has 6 nitrogen and oxygen atoms in total. The van der Waals surface area contributed by atoms with Crippen molar-refractivity contribution in [1.29, 1.82) is 0 Å². The molecule has 0 saturated carbocycles. The fraction of sp³-hybridized carbons (Fsp3) is 0.192. The van der Waals surface area contributed by atoms with Gasteiger partial charge in [-0.25, -0.2) is 8.42 Å². The maximum atomic E-state index is 13.2. The topological polar surface area (TPSA) is 75.7 Å². The lowest BCUT2D eigenvalue weighted by molar-refractivity contribution is 0.103. The Morgan fingerprint density at radius 3 is 2.35 bits per heavy atom. The van der Waals surface area contributed by atoms with E-state index in [1.807, 2.05) is 38.1 Å². The number of ether oxygens (including phenoxy) is 1. The Kier molecular flexibility index (Phi) is 6.38. The highest BCUT2D eigenvalue weighted by Crippen LogP contribution is 2.32. The van der Waals surface area contributed by atoms with Crippen molar-refractivity contribution < 1.29 is 17.9 Å². The van der Waals surface area contributed by atoms with E-state index in [4.69, 9.17) is 4.74 Å². The highest BCUT2D eigenvalue weighted by atomic mass is 32.2. The number of fused-ring (bicyclic) bond motifs is 1. The Hall–Kier alpha value is -3.36. The van der Waals surface area contributed by atoms with Gasteiger partial charge in [-0.1, -0.05) is 6.07 Å². The van der Waals surface area contributed by atoms with E-state index in [1.54, 1.807) is 44.4 Å². The van der Waals surface area contributed by atoms with Gasteiger partial charge >= 0.3 is 0 Å². The minimum atomic E-state index is -3.76. The number of nitrogens with zero attached hydrogens (tertiary/aromatic N) is 1. The Morgan fingerprint density at radius 1 is 0.912 bits per heavy atom. The number of rotatable bonds is 6. The summed E-state index contributed by atoms with van der Waals surface area (Å²) in [6, 6.07) is 17.8. The third-order valence-electron chi connectivity index (χ3n) is 5.88. The molecule has 0 aliphatic rings. The van der Waals surface area contributed by atoms with Crippen LogP contribution in [0.3, 0.4) is 0 Å². The largest absolute Gasteiger partial charge is 0.496 e. The lowest BCUT2D eigenvalue weighted by atomic mass is 10.1. The van der Waals surface area contributed by atoms with E-state index in [2.05, 4.69) is 5.32 Å². The van der Waals surface area contributed by atoms with Crippen molar-refractivity contribution in [3.05, 3.63) is 82.2 Å². The molecule has 34 heavy (non-hydrogen) atoms. The fourth-order valence-electron chi connectivity index (χ4n) is 3.66. The average Bonchev–Trinajstić information content (AvgIpc) is 3.24. The summed E-state index contributed by atoms with van der Waals surface area (Å²) in [7, 11) is -0.690. The zero-order valence-corrected chi connectivity index (χ0v) is 21.3. The number of nitrogens with one attached hydrogen (secondary N) is 1. The second kappa shape index (κ2) is 9.12. The number of carbonyl (C=O) groups excluding carboxylic acids is 1. The van der Waals surface area contributed by atoms with Gasteiger partial charge in [0.05, 0.1) is 22.6 Å². The zero-order chi connectivity index (χ0) is 24.6. The molecule has 4 aromatic rings. The molecule has 8 heteroatoms. The van der Waals surface area contributed by atoms with Crippen LogP contribution in [0.25, 0.3) is 10.1 Å². The summed E-state index contributed by atoms with van der Waals surface area (Å²) < 4.78 is 33.8. The first kappa shape index (κ1) is 23.8. The number of carbonyl (C=O) groups is 1. The average molecular weight is 495 g/mol. The van der Waals surface area contributed by atoms with Crippen LogP contribution in [0.4, 0.5) is 11.4 Å². The van der Waals surface area contributed by atoms with E-state index < -0.39 is 10.0 Å². The molecule has 1 N–H and O–H groups in total. The van der Waals surface area contributed by atoms with E-state index in [0.717, 1.165) is 32.5 Å². The molecule has 1 aromatic heterocycles.